The number of amides is 1. The van der Waals surface area contributed by atoms with Gasteiger partial charge in [-0.2, -0.15) is 5.26 Å². The number of carbonyl (C=O) groups excluding carboxylic acids is 1. The Morgan fingerprint density at radius 2 is 1.81 bits per heavy atom. The molecule has 0 aliphatic carbocycles. The normalized spacial score (nSPS) is 11.4. The first-order chi connectivity index (χ1) is 10.2. The number of aryl methyl sites for hydroxylation is 1. The molecule has 1 unspecified atom stereocenters. The topological polar surface area (TPSA) is 78.9 Å². The molecule has 21 heavy (non-hydrogen) atoms. The highest BCUT2D eigenvalue weighted by atomic mass is 16.2. The van der Waals surface area contributed by atoms with Crippen LogP contribution >= 0.6 is 0 Å². The van der Waals surface area contributed by atoms with Crippen LogP contribution in [0.25, 0.3) is 0 Å². The van der Waals surface area contributed by atoms with Crippen molar-refractivity contribution in [1.29, 1.82) is 5.26 Å². The summed E-state index contributed by atoms with van der Waals surface area (Å²) in [7, 11) is 0. The first-order valence-electron chi connectivity index (χ1n) is 6.79. The Morgan fingerprint density at radius 3 is 2.43 bits per heavy atom. The van der Waals surface area contributed by atoms with Crippen LogP contribution in [0.1, 0.15) is 17.5 Å². The molecule has 0 aliphatic heterocycles. The van der Waals surface area contributed by atoms with Crippen molar-refractivity contribution in [3.05, 3.63) is 65.7 Å². The number of nitrogens with one attached hydrogen (secondary N) is 1. The van der Waals surface area contributed by atoms with E-state index in [0.29, 0.717) is 17.7 Å². The Kier molecular flexibility index (Phi) is 5.08. The molecule has 0 aromatic heterocycles. The lowest BCUT2D eigenvalue weighted by Gasteiger charge is -2.12. The van der Waals surface area contributed by atoms with E-state index in [1.54, 1.807) is 24.3 Å². The van der Waals surface area contributed by atoms with Crippen molar-refractivity contribution < 1.29 is 4.79 Å². The summed E-state index contributed by atoms with van der Waals surface area (Å²) in [5.74, 6) is -0.212. The van der Waals surface area contributed by atoms with Gasteiger partial charge in [0.1, 0.15) is 0 Å². The second-order valence-electron chi connectivity index (χ2n) is 4.81. The van der Waals surface area contributed by atoms with E-state index in [1.165, 1.54) is 5.56 Å². The van der Waals surface area contributed by atoms with Crippen molar-refractivity contribution in [1.82, 2.24) is 0 Å². The number of anilines is 1. The Bertz CT molecular complexity index is 629. The maximum absolute atomic E-state index is 12.0. The van der Waals surface area contributed by atoms with Crippen LogP contribution in [0.3, 0.4) is 0 Å². The van der Waals surface area contributed by atoms with Gasteiger partial charge in [0.05, 0.1) is 17.7 Å². The van der Waals surface area contributed by atoms with Gasteiger partial charge in [0, 0.05) is 5.69 Å². The van der Waals surface area contributed by atoms with Gasteiger partial charge in [-0.15, -0.1) is 0 Å². The van der Waals surface area contributed by atoms with Crippen molar-refractivity contribution in [3.8, 4) is 6.07 Å². The zero-order valence-corrected chi connectivity index (χ0v) is 11.6. The van der Waals surface area contributed by atoms with Crippen LogP contribution in [0.2, 0.25) is 0 Å². The van der Waals surface area contributed by atoms with E-state index >= 15 is 0 Å². The molecule has 1 amide bonds. The average Bonchev–Trinajstić information content (AvgIpc) is 2.54. The van der Waals surface area contributed by atoms with Crippen molar-refractivity contribution >= 4 is 11.6 Å². The summed E-state index contributed by atoms with van der Waals surface area (Å²) in [6, 6.07) is 18.1. The molecule has 0 bridgehead atoms. The summed E-state index contributed by atoms with van der Waals surface area (Å²) >= 11 is 0. The molecule has 2 rings (SSSR count). The number of nitriles is 1. The lowest BCUT2D eigenvalue weighted by Crippen LogP contribution is -2.36. The standard InChI is InChI=1S/C17H17N3O/c18-12-14-6-9-15(10-7-14)20-17(21)16(19)11-8-13-4-2-1-3-5-13/h1-7,9-10,16H,8,11,19H2,(H,20,21). The lowest BCUT2D eigenvalue weighted by molar-refractivity contribution is -0.117. The molecule has 2 aromatic rings. The summed E-state index contributed by atoms with van der Waals surface area (Å²) in [5.41, 5.74) is 8.27. The van der Waals surface area contributed by atoms with Gasteiger partial charge >= 0.3 is 0 Å². The fraction of sp³-hybridized carbons (Fsp3) is 0.176. The fourth-order valence-electron chi connectivity index (χ4n) is 1.96. The maximum Gasteiger partial charge on any atom is 0.241 e. The zero-order chi connectivity index (χ0) is 15.1. The van der Waals surface area contributed by atoms with Gasteiger partial charge in [0.15, 0.2) is 0 Å². The second kappa shape index (κ2) is 7.22. The molecule has 0 saturated carbocycles. The summed E-state index contributed by atoms with van der Waals surface area (Å²) in [6.07, 6.45) is 1.36. The van der Waals surface area contributed by atoms with Crippen LogP contribution in [-0.2, 0) is 11.2 Å². The van der Waals surface area contributed by atoms with Gasteiger partial charge in [0.25, 0.3) is 0 Å². The molecule has 0 heterocycles. The summed E-state index contributed by atoms with van der Waals surface area (Å²) in [4.78, 5) is 12.0. The highest BCUT2D eigenvalue weighted by molar-refractivity contribution is 5.94. The highest BCUT2D eigenvalue weighted by Gasteiger charge is 2.13. The zero-order valence-electron chi connectivity index (χ0n) is 11.6. The SMILES string of the molecule is N#Cc1ccc(NC(=O)C(N)CCc2ccccc2)cc1. The van der Waals surface area contributed by atoms with E-state index in [0.717, 1.165) is 6.42 Å². The Labute approximate surface area is 124 Å². The predicted molar refractivity (Wildman–Crippen MR) is 82.5 cm³/mol. The van der Waals surface area contributed by atoms with Crippen molar-refractivity contribution in [3.63, 3.8) is 0 Å². The molecule has 0 spiro atoms. The number of rotatable bonds is 5. The third-order valence-electron chi connectivity index (χ3n) is 3.21. The second-order valence-corrected chi connectivity index (χ2v) is 4.81. The van der Waals surface area contributed by atoms with E-state index in [-0.39, 0.29) is 5.91 Å². The number of hydrogen-bond donors (Lipinski definition) is 2. The van der Waals surface area contributed by atoms with E-state index in [2.05, 4.69) is 5.32 Å². The number of nitrogens with two attached hydrogens (primary N) is 1. The van der Waals surface area contributed by atoms with Crippen LogP contribution in [0.15, 0.2) is 54.6 Å². The monoisotopic (exact) mass is 279 g/mol. The third-order valence-corrected chi connectivity index (χ3v) is 3.21. The van der Waals surface area contributed by atoms with Gasteiger partial charge in [-0.05, 0) is 42.7 Å². The maximum atomic E-state index is 12.0. The summed E-state index contributed by atoms with van der Waals surface area (Å²) in [6.45, 7) is 0. The van der Waals surface area contributed by atoms with Gasteiger partial charge in [-0.3, -0.25) is 4.79 Å². The minimum absolute atomic E-state index is 0.212. The highest BCUT2D eigenvalue weighted by Crippen LogP contribution is 2.10. The van der Waals surface area contributed by atoms with Crippen molar-refractivity contribution in [2.45, 2.75) is 18.9 Å². The van der Waals surface area contributed by atoms with Gasteiger partial charge in [0.2, 0.25) is 5.91 Å². The number of carbonyl (C=O) groups is 1. The molecular formula is C17H17N3O. The van der Waals surface area contributed by atoms with Crippen LogP contribution in [0.4, 0.5) is 5.69 Å². The molecule has 0 radical (unpaired) electrons. The number of nitrogens with zero attached hydrogens (tertiary/aromatic N) is 1. The molecule has 106 valence electrons. The minimum atomic E-state index is -0.555. The van der Waals surface area contributed by atoms with Crippen LogP contribution in [-0.4, -0.2) is 11.9 Å². The fourth-order valence-corrected chi connectivity index (χ4v) is 1.96. The quantitative estimate of drug-likeness (QED) is 0.882. The average molecular weight is 279 g/mol. The summed E-state index contributed by atoms with van der Waals surface area (Å²) in [5, 5.41) is 11.5. The molecule has 1 atom stereocenters. The number of benzene rings is 2. The van der Waals surface area contributed by atoms with E-state index in [4.69, 9.17) is 11.0 Å². The van der Waals surface area contributed by atoms with Gasteiger partial charge in [-0.1, -0.05) is 30.3 Å². The first-order valence-corrected chi connectivity index (χ1v) is 6.79. The van der Waals surface area contributed by atoms with Crippen molar-refractivity contribution in [2.24, 2.45) is 5.73 Å². The first kappa shape index (κ1) is 14.8. The van der Waals surface area contributed by atoms with Crippen molar-refractivity contribution in [2.75, 3.05) is 5.32 Å². The Morgan fingerprint density at radius 1 is 1.14 bits per heavy atom. The molecule has 2 aromatic carbocycles. The summed E-state index contributed by atoms with van der Waals surface area (Å²) < 4.78 is 0. The van der Waals surface area contributed by atoms with Crippen LogP contribution in [0.5, 0.6) is 0 Å². The minimum Gasteiger partial charge on any atom is -0.325 e. The molecule has 4 heteroatoms. The Balaban J connectivity index is 1.86. The third kappa shape index (κ3) is 4.44. The molecule has 3 N–H and O–H groups in total. The lowest BCUT2D eigenvalue weighted by atomic mass is 10.1. The smallest absolute Gasteiger partial charge is 0.241 e. The molecule has 4 nitrogen and oxygen atoms in total. The molecule has 0 fully saturated rings. The van der Waals surface area contributed by atoms with E-state index in [1.807, 2.05) is 36.4 Å². The largest absolute Gasteiger partial charge is 0.325 e. The Hall–Kier alpha value is -2.64. The van der Waals surface area contributed by atoms with Crippen LogP contribution in [0, 0.1) is 11.3 Å². The molecule has 0 saturated heterocycles. The van der Waals surface area contributed by atoms with Crippen LogP contribution < -0.4 is 11.1 Å². The molecular weight excluding hydrogens is 262 g/mol. The number of hydrogen-bond acceptors (Lipinski definition) is 3. The van der Waals surface area contributed by atoms with Gasteiger partial charge < -0.3 is 11.1 Å². The van der Waals surface area contributed by atoms with E-state index < -0.39 is 6.04 Å². The van der Waals surface area contributed by atoms with E-state index in [9.17, 15) is 4.79 Å². The van der Waals surface area contributed by atoms with Gasteiger partial charge in [-0.25, -0.2) is 0 Å². The predicted octanol–water partition coefficient (Wildman–Crippen LogP) is 2.46. The molecule has 0 aliphatic rings.